The molecule has 0 radical (unpaired) electrons. The van der Waals surface area contributed by atoms with Gasteiger partial charge in [0.1, 0.15) is 6.61 Å². The standard InChI is InChI=1S/C35H47N5O6/c41-32-12-13-33(42)40(32)46-34(43)14-11-31-25-37-19-17-36(16-15-29-7-3-1-4-8-29)18-20-38(26-31)22-24-39(23-21-37)27-35(44)45-28-30-9-5-2-6-10-30/h1-10,12-13,31,41-42H,11,14-28H2. The molecule has 3 heterocycles. The van der Waals surface area contributed by atoms with Crippen molar-refractivity contribution in [2.24, 2.45) is 5.92 Å². The number of hydrogen-bond donors (Lipinski definition) is 2. The predicted octanol–water partition coefficient (Wildman–Crippen LogP) is 2.47. The maximum absolute atomic E-state index is 12.8. The van der Waals surface area contributed by atoms with Crippen molar-refractivity contribution < 1.29 is 29.4 Å². The number of aromatic nitrogens is 1. The molecule has 2 atom stereocenters. The Labute approximate surface area is 271 Å². The number of benzene rings is 2. The van der Waals surface area contributed by atoms with Gasteiger partial charge in [0.05, 0.1) is 6.54 Å². The Balaban J connectivity index is 1.21. The Morgan fingerprint density at radius 3 is 1.80 bits per heavy atom. The van der Waals surface area contributed by atoms with Crippen LogP contribution in [0.1, 0.15) is 24.0 Å². The molecule has 0 aliphatic carbocycles. The third-order valence-electron chi connectivity index (χ3n) is 8.86. The monoisotopic (exact) mass is 633 g/mol. The Morgan fingerprint density at radius 1 is 0.674 bits per heavy atom. The van der Waals surface area contributed by atoms with Crippen LogP contribution < -0.4 is 4.84 Å². The Hall–Kier alpha value is -3.90. The first-order chi connectivity index (χ1) is 22.4. The molecule has 2 aliphatic rings. The number of fused-ring (bicyclic) bond motifs is 4. The van der Waals surface area contributed by atoms with Crippen molar-refractivity contribution in [1.82, 2.24) is 24.3 Å². The highest BCUT2D eigenvalue weighted by atomic mass is 16.7. The number of carbonyl (C=O) groups is 2. The maximum Gasteiger partial charge on any atom is 0.333 e. The number of hydrogen-bond acceptors (Lipinski definition) is 10. The molecule has 2 unspecified atom stereocenters. The summed E-state index contributed by atoms with van der Waals surface area (Å²) >= 11 is 0. The molecule has 0 amide bonds. The molecular weight excluding hydrogens is 586 g/mol. The lowest BCUT2D eigenvalue weighted by atomic mass is 10.0. The number of ether oxygens (including phenoxy) is 1. The van der Waals surface area contributed by atoms with Gasteiger partial charge in [-0.05, 0) is 29.9 Å². The molecule has 248 valence electrons. The fourth-order valence-corrected chi connectivity index (χ4v) is 6.16. The minimum Gasteiger partial charge on any atom is -0.492 e. The van der Waals surface area contributed by atoms with Gasteiger partial charge in [-0.25, -0.2) is 4.79 Å². The summed E-state index contributed by atoms with van der Waals surface area (Å²) in [7, 11) is 0. The van der Waals surface area contributed by atoms with Crippen molar-refractivity contribution in [3.05, 3.63) is 83.9 Å². The molecule has 2 aromatic carbocycles. The molecule has 3 aromatic rings. The van der Waals surface area contributed by atoms with Crippen LogP contribution in [-0.4, -0.2) is 125 Å². The molecular formula is C35H47N5O6. The van der Waals surface area contributed by atoms with Gasteiger partial charge in [0.15, 0.2) is 0 Å². The second kappa shape index (κ2) is 17.1. The van der Waals surface area contributed by atoms with Crippen molar-refractivity contribution in [3.8, 4) is 11.8 Å². The van der Waals surface area contributed by atoms with Crippen molar-refractivity contribution >= 4 is 11.9 Å². The molecule has 5 rings (SSSR count). The third kappa shape index (κ3) is 10.6. The van der Waals surface area contributed by atoms with Crippen LogP contribution in [0.4, 0.5) is 0 Å². The summed E-state index contributed by atoms with van der Waals surface area (Å²) < 4.78 is 6.35. The van der Waals surface area contributed by atoms with E-state index in [-0.39, 0.29) is 43.2 Å². The number of esters is 1. The van der Waals surface area contributed by atoms with Gasteiger partial charge >= 0.3 is 11.9 Å². The van der Waals surface area contributed by atoms with Crippen LogP contribution in [0.25, 0.3) is 0 Å². The summed E-state index contributed by atoms with van der Waals surface area (Å²) in [6.07, 6.45) is 1.81. The highest BCUT2D eigenvalue weighted by molar-refractivity contribution is 5.71. The van der Waals surface area contributed by atoms with E-state index in [0.717, 1.165) is 88.7 Å². The van der Waals surface area contributed by atoms with Gasteiger partial charge in [0.2, 0.25) is 11.8 Å². The smallest absolute Gasteiger partial charge is 0.333 e. The zero-order chi connectivity index (χ0) is 32.1. The zero-order valence-corrected chi connectivity index (χ0v) is 26.6. The fourth-order valence-electron chi connectivity index (χ4n) is 6.16. The van der Waals surface area contributed by atoms with E-state index in [0.29, 0.717) is 6.42 Å². The zero-order valence-electron chi connectivity index (χ0n) is 26.6. The first-order valence-corrected chi connectivity index (χ1v) is 16.3. The number of nitrogens with zero attached hydrogens (tertiary/aromatic N) is 5. The van der Waals surface area contributed by atoms with Crippen LogP contribution in [0, 0.1) is 5.92 Å². The van der Waals surface area contributed by atoms with Crippen LogP contribution in [0.5, 0.6) is 11.8 Å². The Bertz CT molecular complexity index is 1330. The molecule has 11 nitrogen and oxygen atoms in total. The van der Waals surface area contributed by atoms with Crippen LogP contribution in [0.2, 0.25) is 0 Å². The summed E-state index contributed by atoms with van der Waals surface area (Å²) in [6, 6.07) is 22.9. The summed E-state index contributed by atoms with van der Waals surface area (Å²) in [5.41, 5.74) is 2.32. The van der Waals surface area contributed by atoms with E-state index in [9.17, 15) is 19.8 Å². The quantitative estimate of drug-likeness (QED) is 0.306. The van der Waals surface area contributed by atoms with Gasteiger partial charge in [-0.3, -0.25) is 9.69 Å². The molecule has 2 fully saturated rings. The number of carbonyl (C=O) groups excluding carboxylic acids is 2. The molecule has 2 saturated heterocycles. The predicted molar refractivity (Wildman–Crippen MR) is 174 cm³/mol. The van der Waals surface area contributed by atoms with E-state index in [1.54, 1.807) is 0 Å². The summed E-state index contributed by atoms with van der Waals surface area (Å²) in [5, 5.41) is 19.7. The van der Waals surface area contributed by atoms with E-state index in [2.05, 4.69) is 49.9 Å². The lowest BCUT2D eigenvalue weighted by Crippen LogP contribution is -2.51. The second-order valence-electron chi connectivity index (χ2n) is 12.3. The van der Waals surface area contributed by atoms with E-state index in [4.69, 9.17) is 9.57 Å². The molecule has 0 saturated carbocycles. The fraction of sp³-hybridized carbons (Fsp3) is 0.486. The molecule has 1 aromatic heterocycles. The summed E-state index contributed by atoms with van der Waals surface area (Å²) in [4.78, 5) is 40.4. The first-order valence-electron chi connectivity index (χ1n) is 16.3. The summed E-state index contributed by atoms with van der Waals surface area (Å²) in [6.45, 7) is 9.98. The van der Waals surface area contributed by atoms with Gasteiger partial charge in [-0.1, -0.05) is 60.7 Å². The highest BCUT2D eigenvalue weighted by Crippen LogP contribution is 2.20. The van der Waals surface area contributed by atoms with Gasteiger partial charge in [-0.2, -0.15) is 0 Å². The van der Waals surface area contributed by atoms with Crippen molar-refractivity contribution in [1.29, 1.82) is 0 Å². The topological polar surface area (TPSA) is 111 Å². The minimum atomic E-state index is -0.503. The normalized spacial score (nSPS) is 21.5. The lowest BCUT2D eigenvalue weighted by Gasteiger charge is -2.39. The summed E-state index contributed by atoms with van der Waals surface area (Å²) in [5.74, 6) is -1.13. The number of aromatic hydroxyl groups is 2. The van der Waals surface area contributed by atoms with E-state index in [1.807, 2.05) is 30.3 Å². The SMILES string of the molecule is O=C(CN1CCN2CCN(CCc3ccccc3)CCN(CC1)CC(CCC(=O)On1c(O)ccc1O)C2)OCc1ccccc1. The van der Waals surface area contributed by atoms with Crippen molar-refractivity contribution in [2.45, 2.75) is 25.9 Å². The highest BCUT2D eigenvalue weighted by Gasteiger charge is 2.26. The van der Waals surface area contributed by atoms with Gasteiger partial charge in [-0.15, -0.1) is 4.73 Å². The Morgan fingerprint density at radius 2 is 1.22 bits per heavy atom. The molecule has 2 aliphatic heterocycles. The van der Waals surface area contributed by atoms with Crippen molar-refractivity contribution in [3.63, 3.8) is 0 Å². The van der Waals surface area contributed by atoms with Crippen LogP contribution in [0.15, 0.2) is 72.8 Å². The lowest BCUT2D eigenvalue weighted by molar-refractivity contribution is -0.146. The van der Waals surface area contributed by atoms with E-state index >= 15 is 0 Å². The van der Waals surface area contributed by atoms with E-state index in [1.165, 1.54) is 17.7 Å². The average molecular weight is 634 g/mol. The number of rotatable bonds is 11. The van der Waals surface area contributed by atoms with E-state index < -0.39 is 5.97 Å². The molecule has 46 heavy (non-hydrogen) atoms. The maximum atomic E-state index is 12.8. The van der Waals surface area contributed by atoms with Gasteiger partial charge in [0, 0.05) is 90.5 Å². The average Bonchev–Trinajstić information content (AvgIpc) is 3.39. The largest absolute Gasteiger partial charge is 0.492 e. The molecule has 2 N–H and O–H groups in total. The molecule has 2 bridgehead atoms. The second-order valence-corrected chi connectivity index (χ2v) is 12.3. The Kier molecular flexibility index (Phi) is 12.5. The van der Waals surface area contributed by atoms with Crippen molar-refractivity contribution in [2.75, 3.05) is 78.5 Å². The first kappa shape index (κ1) is 33.5. The minimum absolute atomic E-state index is 0.173. The molecule has 11 heteroatoms. The third-order valence-corrected chi connectivity index (χ3v) is 8.86. The van der Waals surface area contributed by atoms with Crippen LogP contribution in [-0.2, 0) is 27.4 Å². The van der Waals surface area contributed by atoms with Crippen LogP contribution >= 0.6 is 0 Å². The molecule has 0 spiro atoms. The van der Waals surface area contributed by atoms with Gasteiger partial charge in [0.25, 0.3) is 0 Å². The van der Waals surface area contributed by atoms with Crippen LogP contribution in [0.3, 0.4) is 0 Å². The van der Waals surface area contributed by atoms with Gasteiger partial charge < -0.3 is 34.5 Å².